The number of nitrogens with one attached hydrogen (secondary N) is 1. The lowest BCUT2D eigenvalue weighted by atomic mass is 10.3. The highest BCUT2D eigenvalue weighted by molar-refractivity contribution is 5.54. The van der Waals surface area contributed by atoms with Crippen LogP contribution >= 0.6 is 0 Å². The first kappa shape index (κ1) is 10.5. The Balaban J connectivity index is 2.42. The number of anilines is 1. The Bertz CT molecular complexity index is 450. The van der Waals surface area contributed by atoms with E-state index in [1.54, 1.807) is 12.4 Å². The number of nitrogens with zero attached hydrogens (tertiary/aromatic N) is 5. The standard InChI is InChI=1S/C10H14N6/c1-3-13-10-15-14-9(16(10)4-2)8-5-11-7-12-6-8/h5-7H,3-4H2,1-2H3,(H,13,15). The first-order valence-corrected chi connectivity index (χ1v) is 5.29. The molecule has 16 heavy (non-hydrogen) atoms. The van der Waals surface area contributed by atoms with Crippen LogP contribution in [-0.2, 0) is 6.54 Å². The average molecular weight is 218 g/mol. The largest absolute Gasteiger partial charge is 0.355 e. The van der Waals surface area contributed by atoms with Crippen molar-refractivity contribution in [2.45, 2.75) is 20.4 Å². The fourth-order valence-corrected chi connectivity index (χ4v) is 1.52. The maximum Gasteiger partial charge on any atom is 0.224 e. The summed E-state index contributed by atoms with van der Waals surface area (Å²) < 4.78 is 2.00. The second-order valence-corrected chi connectivity index (χ2v) is 3.25. The highest BCUT2D eigenvalue weighted by Gasteiger charge is 2.11. The fraction of sp³-hybridized carbons (Fsp3) is 0.400. The minimum Gasteiger partial charge on any atom is -0.355 e. The molecule has 0 spiro atoms. The van der Waals surface area contributed by atoms with Gasteiger partial charge < -0.3 is 5.32 Å². The molecule has 2 rings (SSSR count). The van der Waals surface area contributed by atoms with Crippen LogP contribution in [0.4, 0.5) is 5.95 Å². The van der Waals surface area contributed by atoms with E-state index in [2.05, 4.69) is 32.4 Å². The van der Waals surface area contributed by atoms with Crippen LogP contribution in [0.2, 0.25) is 0 Å². The molecular weight excluding hydrogens is 204 g/mol. The third kappa shape index (κ3) is 1.86. The van der Waals surface area contributed by atoms with Crippen molar-refractivity contribution in [3.8, 4) is 11.4 Å². The van der Waals surface area contributed by atoms with Gasteiger partial charge in [0.05, 0.1) is 5.56 Å². The Hall–Kier alpha value is -1.98. The van der Waals surface area contributed by atoms with Crippen LogP contribution < -0.4 is 5.32 Å². The molecule has 0 aliphatic rings. The van der Waals surface area contributed by atoms with E-state index in [4.69, 9.17) is 0 Å². The van der Waals surface area contributed by atoms with Crippen molar-refractivity contribution in [2.75, 3.05) is 11.9 Å². The van der Waals surface area contributed by atoms with Crippen LogP contribution in [0, 0.1) is 0 Å². The van der Waals surface area contributed by atoms with Crippen molar-refractivity contribution in [3.05, 3.63) is 18.7 Å². The molecule has 1 N–H and O–H groups in total. The Morgan fingerprint density at radius 2 is 1.94 bits per heavy atom. The Morgan fingerprint density at radius 3 is 2.56 bits per heavy atom. The van der Waals surface area contributed by atoms with Crippen LogP contribution in [0.3, 0.4) is 0 Å². The maximum atomic E-state index is 4.15. The van der Waals surface area contributed by atoms with E-state index in [0.717, 1.165) is 30.4 Å². The molecule has 2 aromatic heterocycles. The van der Waals surface area contributed by atoms with Crippen LogP contribution in [0.1, 0.15) is 13.8 Å². The highest BCUT2D eigenvalue weighted by Crippen LogP contribution is 2.18. The third-order valence-electron chi connectivity index (χ3n) is 2.22. The van der Waals surface area contributed by atoms with Gasteiger partial charge in [-0.25, -0.2) is 9.97 Å². The van der Waals surface area contributed by atoms with Crippen molar-refractivity contribution in [2.24, 2.45) is 0 Å². The second-order valence-electron chi connectivity index (χ2n) is 3.25. The highest BCUT2D eigenvalue weighted by atomic mass is 15.3. The van der Waals surface area contributed by atoms with Gasteiger partial charge in [0.25, 0.3) is 0 Å². The molecule has 84 valence electrons. The molecule has 0 saturated heterocycles. The summed E-state index contributed by atoms with van der Waals surface area (Å²) >= 11 is 0. The summed E-state index contributed by atoms with van der Waals surface area (Å²) in [5, 5.41) is 11.4. The molecule has 2 aromatic rings. The van der Waals surface area contributed by atoms with Gasteiger partial charge in [-0.2, -0.15) is 0 Å². The molecule has 0 aliphatic heterocycles. The van der Waals surface area contributed by atoms with Gasteiger partial charge >= 0.3 is 0 Å². The molecule has 6 heteroatoms. The molecular formula is C10H14N6. The predicted octanol–water partition coefficient (Wildman–Crippen LogP) is 1.19. The summed E-state index contributed by atoms with van der Waals surface area (Å²) in [6, 6.07) is 0. The monoisotopic (exact) mass is 218 g/mol. The first-order chi connectivity index (χ1) is 7.86. The summed E-state index contributed by atoms with van der Waals surface area (Å²) in [5.41, 5.74) is 0.876. The van der Waals surface area contributed by atoms with Gasteiger partial charge in [0.15, 0.2) is 5.82 Å². The van der Waals surface area contributed by atoms with E-state index in [0.29, 0.717) is 0 Å². The quantitative estimate of drug-likeness (QED) is 0.834. The molecule has 0 radical (unpaired) electrons. The second kappa shape index (κ2) is 4.69. The molecule has 0 fully saturated rings. The smallest absolute Gasteiger partial charge is 0.224 e. The Labute approximate surface area is 93.8 Å². The summed E-state index contributed by atoms with van der Waals surface area (Å²) in [4.78, 5) is 7.96. The molecule has 0 saturated carbocycles. The lowest BCUT2D eigenvalue weighted by Crippen LogP contribution is -2.07. The van der Waals surface area contributed by atoms with Crippen LogP contribution in [0.5, 0.6) is 0 Å². The summed E-state index contributed by atoms with van der Waals surface area (Å²) in [6.45, 7) is 5.71. The summed E-state index contributed by atoms with van der Waals surface area (Å²) in [7, 11) is 0. The zero-order valence-electron chi connectivity index (χ0n) is 9.38. The summed E-state index contributed by atoms with van der Waals surface area (Å²) in [5.74, 6) is 1.57. The zero-order valence-corrected chi connectivity index (χ0v) is 9.38. The average Bonchev–Trinajstić information content (AvgIpc) is 2.73. The number of aromatic nitrogens is 5. The van der Waals surface area contributed by atoms with Gasteiger partial charge in [-0.05, 0) is 13.8 Å². The molecule has 0 aromatic carbocycles. The Kier molecular flexibility index (Phi) is 3.09. The van der Waals surface area contributed by atoms with E-state index in [1.807, 2.05) is 11.5 Å². The number of hydrogen-bond acceptors (Lipinski definition) is 5. The zero-order chi connectivity index (χ0) is 11.4. The summed E-state index contributed by atoms with van der Waals surface area (Å²) in [6.07, 6.45) is 4.97. The van der Waals surface area contributed by atoms with E-state index in [9.17, 15) is 0 Å². The topological polar surface area (TPSA) is 68.5 Å². The maximum absolute atomic E-state index is 4.15. The van der Waals surface area contributed by atoms with E-state index in [1.165, 1.54) is 6.33 Å². The van der Waals surface area contributed by atoms with Crippen molar-refractivity contribution in [1.29, 1.82) is 0 Å². The van der Waals surface area contributed by atoms with E-state index < -0.39 is 0 Å². The molecule has 0 aliphatic carbocycles. The predicted molar refractivity (Wildman–Crippen MR) is 60.9 cm³/mol. The van der Waals surface area contributed by atoms with Gasteiger partial charge in [-0.3, -0.25) is 4.57 Å². The molecule has 0 unspecified atom stereocenters. The van der Waals surface area contributed by atoms with Crippen LogP contribution in [-0.4, -0.2) is 31.3 Å². The van der Waals surface area contributed by atoms with Gasteiger partial charge in [-0.1, -0.05) is 0 Å². The van der Waals surface area contributed by atoms with Crippen molar-refractivity contribution >= 4 is 5.95 Å². The van der Waals surface area contributed by atoms with Crippen LogP contribution in [0.15, 0.2) is 18.7 Å². The fourth-order valence-electron chi connectivity index (χ4n) is 1.52. The van der Waals surface area contributed by atoms with Gasteiger partial charge in [0.2, 0.25) is 5.95 Å². The number of rotatable bonds is 4. The lowest BCUT2D eigenvalue weighted by Gasteiger charge is -2.07. The molecule has 6 nitrogen and oxygen atoms in total. The van der Waals surface area contributed by atoms with Crippen LogP contribution in [0.25, 0.3) is 11.4 Å². The van der Waals surface area contributed by atoms with E-state index >= 15 is 0 Å². The normalized spacial score (nSPS) is 10.4. The van der Waals surface area contributed by atoms with Crippen molar-refractivity contribution in [3.63, 3.8) is 0 Å². The lowest BCUT2D eigenvalue weighted by molar-refractivity contribution is 0.769. The molecule has 2 heterocycles. The van der Waals surface area contributed by atoms with E-state index in [-0.39, 0.29) is 0 Å². The van der Waals surface area contributed by atoms with Gasteiger partial charge in [0, 0.05) is 25.5 Å². The Morgan fingerprint density at radius 1 is 1.19 bits per heavy atom. The van der Waals surface area contributed by atoms with Crippen molar-refractivity contribution in [1.82, 2.24) is 24.7 Å². The first-order valence-electron chi connectivity index (χ1n) is 5.29. The van der Waals surface area contributed by atoms with Gasteiger partial charge in [0.1, 0.15) is 6.33 Å². The minimum absolute atomic E-state index is 0.781. The van der Waals surface area contributed by atoms with Gasteiger partial charge in [-0.15, -0.1) is 10.2 Å². The molecule has 0 atom stereocenters. The third-order valence-corrected chi connectivity index (χ3v) is 2.22. The minimum atomic E-state index is 0.781. The SMILES string of the molecule is CCNc1nnc(-c2cncnc2)n1CC. The number of hydrogen-bond donors (Lipinski definition) is 1. The van der Waals surface area contributed by atoms with Crippen molar-refractivity contribution < 1.29 is 0 Å². The molecule has 0 bridgehead atoms. The molecule has 0 amide bonds.